The van der Waals surface area contributed by atoms with E-state index in [4.69, 9.17) is 4.74 Å². The van der Waals surface area contributed by atoms with E-state index < -0.39 is 0 Å². The molecule has 0 aromatic heterocycles. The molecule has 21 heavy (non-hydrogen) atoms. The van der Waals surface area contributed by atoms with Gasteiger partial charge in [0.1, 0.15) is 0 Å². The number of rotatable bonds is 7. The fraction of sp³-hybridized carbons (Fsp3) is 0.667. The summed E-state index contributed by atoms with van der Waals surface area (Å²) < 4.78 is 7.35. The van der Waals surface area contributed by atoms with E-state index in [0.29, 0.717) is 0 Å². The first kappa shape index (κ1) is 17.0. The third-order valence-electron chi connectivity index (χ3n) is 4.14. The van der Waals surface area contributed by atoms with Gasteiger partial charge in [-0.1, -0.05) is 53.4 Å². The molecule has 0 saturated heterocycles. The molecule has 3 heteroatoms. The second-order valence-electron chi connectivity index (χ2n) is 7.10. The predicted molar refractivity (Wildman–Crippen MR) is 92.5 cm³/mol. The number of nitrogens with one attached hydrogen (secondary N) is 1. The second kappa shape index (κ2) is 7.75. The maximum atomic E-state index is 6.22. The van der Waals surface area contributed by atoms with E-state index in [9.17, 15) is 0 Å². The summed E-state index contributed by atoms with van der Waals surface area (Å²) in [4.78, 5) is 0. The monoisotopic (exact) mass is 353 g/mol. The Balaban J connectivity index is 1.93. The largest absolute Gasteiger partial charge is 0.372 e. The zero-order valence-corrected chi connectivity index (χ0v) is 15.1. The van der Waals surface area contributed by atoms with Gasteiger partial charge in [-0.15, -0.1) is 0 Å². The summed E-state index contributed by atoms with van der Waals surface area (Å²) in [6.45, 7) is 8.29. The Morgan fingerprint density at radius 3 is 2.57 bits per heavy atom. The van der Waals surface area contributed by atoms with Gasteiger partial charge in [0.2, 0.25) is 0 Å². The first-order valence-corrected chi connectivity index (χ1v) is 8.86. The maximum Gasteiger partial charge on any atom is 0.0960 e. The summed E-state index contributed by atoms with van der Waals surface area (Å²) in [7, 11) is 0. The molecule has 1 aromatic rings. The van der Waals surface area contributed by atoms with Crippen LogP contribution in [0.4, 0.5) is 0 Å². The van der Waals surface area contributed by atoms with Crippen molar-refractivity contribution in [1.82, 2.24) is 5.32 Å². The van der Waals surface area contributed by atoms with Crippen molar-refractivity contribution in [2.45, 2.75) is 58.1 Å². The molecule has 1 fully saturated rings. The molecule has 0 bridgehead atoms. The smallest absolute Gasteiger partial charge is 0.0960 e. The number of hydrogen-bond acceptors (Lipinski definition) is 2. The minimum atomic E-state index is 0.108. The van der Waals surface area contributed by atoms with E-state index >= 15 is 0 Å². The SMILES string of the molecule is CC(C)(C)NCC(OCCC1CCC1)c1ccccc1Br. The van der Waals surface area contributed by atoms with Crippen molar-refractivity contribution in [3.8, 4) is 0 Å². The highest BCUT2D eigenvalue weighted by Crippen LogP contribution is 2.31. The molecule has 1 saturated carbocycles. The van der Waals surface area contributed by atoms with Crippen LogP contribution in [-0.4, -0.2) is 18.7 Å². The van der Waals surface area contributed by atoms with Crippen LogP contribution < -0.4 is 5.32 Å². The first-order valence-electron chi connectivity index (χ1n) is 8.07. The van der Waals surface area contributed by atoms with Crippen LogP contribution in [0.3, 0.4) is 0 Å². The van der Waals surface area contributed by atoms with Crippen molar-refractivity contribution in [3.05, 3.63) is 34.3 Å². The molecule has 0 amide bonds. The number of benzene rings is 1. The van der Waals surface area contributed by atoms with E-state index in [0.717, 1.165) is 23.5 Å². The molecule has 2 nitrogen and oxygen atoms in total. The van der Waals surface area contributed by atoms with Crippen LogP contribution in [0.15, 0.2) is 28.7 Å². The molecule has 118 valence electrons. The summed E-state index contributed by atoms with van der Waals surface area (Å²) in [6, 6.07) is 8.38. The van der Waals surface area contributed by atoms with Gasteiger partial charge in [-0.25, -0.2) is 0 Å². The maximum absolute atomic E-state index is 6.22. The van der Waals surface area contributed by atoms with E-state index in [-0.39, 0.29) is 11.6 Å². The Morgan fingerprint density at radius 1 is 1.29 bits per heavy atom. The van der Waals surface area contributed by atoms with Crippen LogP contribution in [-0.2, 0) is 4.74 Å². The molecule has 0 radical (unpaired) electrons. The van der Waals surface area contributed by atoms with Crippen molar-refractivity contribution in [2.75, 3.05) is 13.2 Å². The average molecular weight is 354 g/mol. The van der Waals surface area contributed by atoms with Gasteiger partial charge in [-0.05, 0) is 44.7 Å². The van der Waals surface area contributed by atoms with Crippen LogP contribution in [0.1, 0.15) is 58.1 Å². The lowest BCUT2D eigenvalue weighted by Gasteiger charge is -2.29. The van der Waals surface area contributed by atoms with Crippen LogP contribution in [0.5, 0.6) is 0 Å². The number of ether oxygens (including phenoxy) is 1. The Labute approximate surface area is 137 Å². The van der Waals surface area contributed by atoms with Gasteiger partial charge in [-0.3, -0.25) is 0 Å². The highest BCUT2D eigenvalue weighted by molar-refractivity contribution is 9.10. The van der Waals surface area contributed by atoms with Gasteiger partial charge in [0, 0.05) is 23.2 Å². The summed E-state index contributed by atoms with van der Waals surface area (Å²) >= 11 is 3.66. The van der Waals surface area contributed by atoms with Crippen LogP contribution in [0, 0.1) is 5.92 Å². The van der Waals surface area contributed by atoms with E-state index in [1.807, 2.05) is 0 Å². The minimum absolute atomic E-state index is 0.108. The molecule has 1 aromatic carbocycles. The zero-order valence-electron chi connectivity index (χ0n) is 13.5. The third-order valence-corrected chi connectivity index (χ3v) is 4.86. The summed E-state index contributed by atoms with van der Waals surface area (Å²) in [5, 5.41) is 3.57. The highest BCUT2D eigenvalue weighted by Gasteiger charge is 2.21. The van der Waals surface area contributed by atoms with Gasteiger partial charge in [0.05, 0.1) is 6.10 Å². The van der Waals surface area contributed by atoms with Crippen LogP contribution >= 0.6 is 15.9 Å². The molecule has 0 aliphatic heterocycles. The number of halogens is 1. The van der Waals surface area contributed by atoms with Gasteiger partial charge < -0.3 is 10.1 Å². The Hall–Kier alpha value is -0.380. The van der Waals surface area contributed by atoms with E-state index in [2.05, 4.69) is 66.3 Å². The lowest BCUT2D eigenvalue weighted by molar-refractivity contribution is 0.0332. The summed E-state index contributed by atoms with van der Waals surface area (Å²) in [5.41, 5.74) is 1.35. The Bertz CT molecular complexity index is 437. The molecule has 2 rings (SSSR count). The molecular weight excluding hydrogens is 326 g/mol. The van der Waals surface area contributed by atoms with Gasteiger partial charge in [0.25, 0.3) is 0 Å². The van der Waals surface area contributed by atoms with Crippen molar-refractivity contribution < 1.29 is 4.74 Å². The molecule has 1 atom stereocenters. The Kier molecular flexibility index (Phi) is 6.27. The van der Waals surface area contributed by atoms with Crippen molar-refractivity contribution in [1.29, 1.82) is 0 Å². The van der Waals surface area contributed by atoms with E-state index in [1.165, 1.54) is 31.2 Å². The van der Waals surface area contributed by atoms with Crippen molar-refractivity contribution in [3.63, 3.8) is 0 Å². The van der Waals surface area contributed by atoms with Gasteiger partial charge in [0.15, 0.2) is 0 Å². The van der Waals surface area contributed by atoms with Crippen LogP contribution in [0.25, 0.3) is 0 Å². The van der Waals surface area contributed by atoms with Crippen molar-refractivity contribution >= 4 is 15.9 Å². The average Bonchev–Trinajstić information content (AvgIpc) is 2.36. The van der Waals surface area contributed by atoms with Crippen LogP contribution in [0.2, 0.25) is 0 Å². The summed E-state index contributed by atoms with van der Waals surface area (Å²) in [6.07, 6.45) is 5.51. The quantitative estimate of drug-likeness (QED) is 0.737. The first-order chi connectivity index (χ1) is 9.96. The van der Waals surface area contributed by atoms with Gasteiger partial charge in [-0.2, -0.15) is 0 Å². The molecule has 1 aliphatic carbocycles. The fourth-order valence-corrected chi connectivity index (χ4v) is 3.09. The van der Waals surface area contributed by atoms with Gasteiger partial charge >= 0.3 is 0 Å². The lowest BCUT2D eigenvalue weighted by Crippen LogP contribution is -2.39. The second-order valence-corrected chi connectivity index (χ2v) is 7.95. The molecule has 1 N–H and O–H groups in total. The van der Waals surface area contributed by atoms with Crippen molar-refractivity contribution in [2.24, 2.45) is 5.92 Å². The highest BCUT2D eigenvalue weighted by atomic mass is 79.9. The molecule has 0 spiro atoms. The minimum Gasteiger partial charge on any atom is -0.372 e. The summed E-state index contributed by atoms with van der Waals surface area (Å²) in [5.74, 6) is 0.903. The third kappa shape index (κ3) is 5.72. The molecule has 0 heterocycles. The zero-order chi connectivity index (χ0) is 15.3. The molecule has 1 aliphatic rings. The fourth-order valence-electron chi connectivity index (χ4n) is 2.55. The van der Waals surface area contributed by atoms with E-state index in [1.54, 1.807) is 0 Å². The molecular formula is C18H28BrNO. The Morgan fingerprint density at radius 2 is 2.00 bits per heavy atom. The lowest BCUT2D eigenvalue weighted by atomic mass is 9.83. The number of hydrogen-bond donors (Lipinski definition) is 1. The predicted octanol–water partition coefficient (Wildman–Crippen LogP) is 5.09. The topological polar surface area (TPSA) is 21.3 Å². The standard InChI is InChI=1S/C18H28BrNO/c1-18(2,3)20-13-17(15-9-4-5-10-16(15)19)21-12-11-14-7-6-8-14/h4-5,9-10,14,17,20H,6-8,11-13H2,1-3H3. The normalized spacial score (nSPS) is 17.5. The molecule has 1 unspecified atom stereocenters.